The lowest BCUT2D eigenvalue weighted by atomic mass is 9.83. The summed E-state index contributed by atoms with van der Waals surface area (Å²) in [7, 11) is 0. The van der Waals surface area contributed by atoms with Gasteiger partial charge in [0.05, 0.1) is 16.9 Å². The van der Waals surface area contributed by atoms with Crippen molar-refractivity contribution in [2.24, 2.45) is 5.73 Å². The van der Waals surface area contributed by atoms with Crippen molar-refractivity contribution >= 4 is 11.4 Å². The highest BCUT2D eigenvalue weighted by molar-refractivity contribution is 5.59. The van der Waals surface area contributed by atoms with Crippen LogP contribution in [0.25, 0.3) is 0 Å². The second-order valence-corrected chi connectivity index (χ2v) is 5.07. The predicted molar refractivity (Wildman–Crippen MR) is 83.2 cm³/mol. The van der Waals surface area contributed by atoms with Crippen molar-refractivity contribution in [2.45, 2.75) is 5.92 Å². The molecule has 2 aromatic rings. The summed E-state index contributed by atoms with van der Waals surface area (Å²) < 4.78 is 5.41. The fraction of sp³-hybridized carbons (Fsp3) is 0.0625. The number of nitro groups is 1. The van der Waals surface area contributed by atoms with Crippen LogP contribution in [-0.4, -0.2) is 4.92 Å². The van der Waals surface area contributed by atoms with Gasteiger partial charge in [0.2, 0.25) is 5.88 Å². The first kappa shape index (κ1) is 14.4. The second kappa shape index (κ2) is 5.35. The van der Waals surface area contributed by atoms with Crippen molar-refractivity contribution in [3.8, 4) is 11.8 Å². The summed E-state index contributed by atoms with van der Waals surface area (Å²) in [6, 6.07) is 13.4. The second-order valence-electron chi connectivity index (χ2n) is 5.07. The van der Waals surface area contributed by atoms with Gasteiger partial charge in [0.15, 0.2) is 0 Å². The van der Waals surface area contributed by atoms with Gasteiger partial charge in [0.25, 0.3) is 5.69 Å². The zero-order valence-electron chi connectivity index (χ0n) is 11.9. The first-order valence-corrected chi connectivity index (χ1v) is 6.72. The van der Waals surface area contributed by atoms with Crippen LogP contribution in [0.15, 0.2) is 53.9 Å². The monoisotopic (exact) mass is 308 g/mol. The first-order valence-electron chi connectivity index (χ1n) is 6.72. The van der Waals surface area contributed by atoms with Gasteiger partial charge >= 0.3 is 0 Å². The smallest absolute Gasteiger partial charge is 0.273 e. The zero-order valence-corrected chi connectivity index (χ0v) is 11.9. The largest absolute Gasteiger partial charge is 0.440 e. The van der Waals surface area contributed by atoms with Crippen molar-refractivity contribution in [3.63, 3.8) is 0 Å². The number of allylic oxidation sites excluding steroid dienone is 1. The van der Waals surface area contributed by atoms with Gasteiger partial charge in [0, 0.05) is 17.3 Å². The van der Waals surface area contributed by atoms with E-state index in [0.717, 1.165) is 5.56 Å². The molecule has 114 valence electrons. The molecule has 0 radical (unpaired) electrons. The van der Waals surface area contributed by atoms with E-state index in [2.05, 4.69) is 6.07 Å². The van der Waals surface area contributed by atoms with E-state index in [-0.39, 0.29) is 22.9 Å². The number of nitrogens with two attached hydrogens (primary N) is 2. The van der Waals surface area contributed by atoms with Crippen molar-refractivity contribution in [2.75, 3.05) is 5.73 Å². The number of nitro benzene ring substituents is 1. The first-order chi connectivity index (χ1) is 11.0. The van der Waals surface area contributed by atoms with E-state index in [9.17, 15) is 15.4 Å². The number of nitrogen functional groups attached to an aromatic ring is 1. The van der Waals surface area contributed by atoms with Crippen molar-refractivity contribution in [3.05, 3.63) is 75.2 Å². The number of benzene rings is 2. The maximum atomic E-state index is 10.9. The molecule has 4 N–H and O–H groups in total. The Bertz CT molecular complexity index is 883. The molecule has 0 aliphatic carbocycles. The number of non-ortho nitro benzene ring substituents is 1. The van der Waals surface area contributed by atoms with Crippen LogP contribution in [0.2, 0.25) is 0 Å². The van der Waals surface area contributed by atoms with Crippen LogP contribution in [0.3, 0.4) is 0 Å². The lowest BCUT2D eigenvalue weighted by Crippen LogP contribution is -2.21. The van der Waals surface area contributed by atoms with E-state index < -0.39 is 10.8 Å². The fourth-order valence-corrected chi connectivity index (χ4v) is 2.64. The highest BCUT2D eigenvalue weighted by atomic mass is 16.6. The summed E-state index contributed by atoms with van der Waals surface area (Å²) >= 11 is 0. The van der Waals surface area contributed by atoms with Gasteiger partial charge in [-0.3, -0.25) is 10.1 Å². The lowest BCUT2D eigenvalue weighted by Gasteiger charge is -2.26. The van der Waals surface area contributed by atoms with E-state index in [1.807, 2.05) is 6.07 Å². The SMILES string of the molecule is N#CC1=C(N)Oc2cc([N+](=O)[O-])ccc2[C@@H]1c1cccc(N)c1. The number of hydrogen-bond donors (Lipinski definition) is 2. The minimum absolute atomic E-state index is 0.0621. The van der Waals surface area contributed by atoms with Gasteiger partial charge in [-0.25, -0.2) is 0 Å². The quantitative estimate of drug-likeness (QED) is 0.498. The number of nitrogens with zero attached hydrogens (tertiary/aromatic N) is 2. The Morgan fingerprint density at radius 3 is 2.65 bits per heavy atom. The van der Waals surface area contributed by atoms with Crippen LogP contribution in [0, 0.1) is 21.4 Å². The summed E-state index contributed by atoms with van der Waals surface area (Å²) in [6.07, 6.45) is 0. The summed E-state index contributed by atoms with van der Waals surface area (Å²) in [5.74, 6) is -0.274. The molecule has 2 aromatic carbocycles. The molecule has 1 atom stereocenters. The molecule has 23 heavy (non-hydrogen) atoms. The molecule has 0 aromatic heterocycles. The average Bonchev–Trinajstić information content (AvgIpc) is 2.52. The standard InChI is InChI=1S/C16H12N4O3/c17-8-13-15(9-2-1-3-10(18)6-9)12-5-4-11(20(21)22)7-14(12)23-16(13)19/h1-7,15H,18-19H2/t15-/m0/s1. The number of fused-ring (bicyclic) bond motifs is 1. The molecule has 7 nitrogen and oxygen atoms in total. The van der Waals surface area contributed by atoms with Gasteiger partial charge in [-0.1, -0.05) is 12.1 Å². The normalized spacial score (nSPS) is 16.2. The van der Waals surface area contributed by atoms with E-state index >= 15 is 0 Å². The molecule has 3 rings (SSSR count). The molecule has 0 saturated carbocycles. The van der Waals surface area contributed by atoms with E-state index in [4.69, 9.17) is 16.2 Å². The molecular weight excluding hydrogens is 296 g/mol. The molecule has 7 heteroatoms. The number of hydrogen-bond acceptors (Lipinski definition) is 6. The van der Waals surface area contributed by atoms with Gasteiger partial charge in [0.1, 0.15) is 17.4 Å². The van der Waals surface area contributed by atoms with Crippen LogP contribution in [0.5, 0.6) is 5.75 Å². The summed E-state index contributed by atoms with van der Waals surface area (Å²) in [4.78, 5) is 10.4. The van der Waals surface area contributed by atoms with Gasteiger partial charge in [-0.2, -0.15) is 5.26 Å². The van der Waals surface area contributed by atoms with Crippen LogP contribution in [0.1, 0.15) is 17.0 Å². The molecule has 1 aliphatic rings. The maximum Gasteiger partial charge on any atom is 0.273 e. The minimum Gasteiger partial charge on any atom is -0.440 e. The van der Waals surface area contributed by atoms with Gasteiger partial charge < -0.3 is 16.2 Å². The Morgan fingerprint density at radius 2 is 2.00 bits per heavy atom. The Labute approximate surface area is 131 Å². The van der Waals surface area contributed by atoms with Crippen molar-refractivity contribution < 1.29 is 9.66 Å². The Hall–Kier alpha value is -3.53. The third-order valence-corrected chi connectivity index (χ3v) is 3.66. The molecule has 0 saturated heterocycles. The maximum absolute atomic E-state index is 10.9. The number of rotatable bonds is 2. The summed E-state index contributed by atoms with van der Waals surface area (Å²) in [6.45, 7) is 0. The van der Waals surface area contributed by atoms with Gasteiger partial charge in [-0.05, 0) is 23.8 Å². The zero-order chi connectivity index (χ0) is 16.6. The molecule has 0 unspecified atom stereocenters. The Kier molecular flexibility index (Phi) is 3.35. The molecule has 1 aliphatic heterocycles. The lowest BCUT2D eigenvalue weighted by molar-refractivity contribution is -0.384. The third-order valence-electron chi connectivity index (χ3n) is 3.66. The van der Waals surface area contributed by atoms with E-state index in [1.165, 1.54) is 12.1 Å². The van der Waals surface area contributed by atoms with Crippen LogP contribution in [0.4, 0.5) is 11.4 Å². The Morgan fingerprint density at radius 1 is 1.22 bits per heavy atom. The van der Waals surface area contributed by atoms with Crippen molar-refractivity contribution in [1.82, 2.24) is 0 Å². The minimum atomic E-state index is -0.515. The predicted octanol–water partition coefficient (Wildman–Crippen LogP) is 2.40. The average molecular weight is 308 g/mol. The molecule has 0 bridgehead atoms. The van der Waals surface area contributed by atoms with Crippen molar-refractivity contribution in [1.29, 1.82) is 5.26 Å². The Balaban J connectivity index is 2.22. The van der Waals surface area contributed by atoms with Crippen LogP contribution >= 0.6 is 0 Å². The summed E-state index contributed by atoms with van der Waals surface area (Å²) in [5, 5.41) is 20.3. The molecule has 0 spiro atoms. The highest BCUT2D eigenvalue weighted by Crippen LogP contribution is 2.43. The molecule has 0 fully saturated rings. The molecule has 0 amide bonds. The molecular formula is C16H12N4O3. The fourth-order valence-electron chi connectivity index (χ4n) is 2.64. The number of ether oxygens (including phenoxy) is 1. The van der Waals surface area contributed by atoms with E-state index in [0.29, 0.717) is 11.3 Å². The molecule has 1 heterocycles. The summed E-state index contributed by atoms with van der Waals surface area (Å²) in [5.41, 5.74) is 13.7. The van der Waals surface area contributed by atoms with Gasteiger partial charge in [-0.15, -0.1) is 0 Å². The van der Waals surface area contributed by atoms with Crippen LogP contribution in [-0.2, 0) is 0 Å². The van der Waals surface area contributed by atoms with Crippen LogP contribution < -0.4 is 16.2 Å². The third kappa shape index (κ3) is 2.42. The topological polar surface area (TPSA) is 128 Å². The highest BCUT2D eigenvalue weighted by Gasteiger charge is 2.31. The number of anilines is 1. The van der Waals surface area contributed by atoms with E-state index in [1.54, 1.807) is 24.3 Å². The number of nitriles is 1.